The summed E-state index contributed by atoms with van der Waals surface area (Å²) in [6.45, 7) is 4.11. The molecule has 3 aromatic carbocycles. The van der Waals surface area contributed by atoms with Crippen molar-refractivity contribution >= 4 is 21.9 Å². The molecule has 13 heteroatoms. The summed E-state index contributed by atoms with van der Waals surface area (Å²) in [6.07, 6.45) is -4.46. The van der Waals surface area contributed by atoms with Crippen LogP contribution >= 0.6 is 0 Å². The summed E-state index contributed by atoms with van der Waals surface area (Å²) in [6, 6.07) is 18.9. The van der Waals surface area contributed by atoms with Gasteiger partial charge in [0.1, 0.15) is 36.0 Å². The highest BCUT2D eigenvalue weighted by Crippen LogP contribution is 2.34. The Labute approximate surface area is 253 Å². The zero-order chi connectivity index (χ0) is 32.3. The number of alkyl halides is 3. The Morgan fingerprint density at radius 2 is 1.70 bits per heavy atom. The molecule has 0 radical (unpaired) electrons. The third kappa shape index (κ3) is 6.95. The lowest BCUT2D eigenvalue weighted by atomic mass is 10.1. The third-order valence-corrected chi connectivity index (χ3v) is 9.72. The second-order valence-corrected chi connectivity index (χ2v) is 12.7. The number of oxazole rings is 1. The van der Waals surface area contributed by atoms with E-state index in [1.54, 1.807) is 75.4 Å². The van der Waals surface area contributed by atoms with Crippen LogP contribution < -0.4 is 8.63 Å². The topological polar surface area (TPSA) is 110 Å². The molecule has 0 fully saturated rings. The van der Waals surface area contributed by atoms with E-state index in [1.807, 2.05) is 0 Å². The van der Waals surface area contributed by atoms with Gasteiger partial charge in [0.25, 0.3) is 0 Å². The van der Waals surface area contributed by atoms with E-state index in [9.17, 15) is 31.5 Å². The quantitative estimate of drug-likeness (QED) is 0.179. The minimum atomic E-state index is -4.46. The van der Waals surface area contributed by atoms with E-state index in [2.05, 4.69) is 4.98 Å². The number of aliphatic carboxylic acids is 1. The second kappa shape index (κ2) is 12.8. The van der Waals surface area contributed by atoms with Gasteiger partial charge in [0, 0.05) is 36.3 Å². The monoisotopic (exact) mass is 632 g/mol. The molecule has 0 aliphatic rings. The summed E-state index contributed by atoms with van der Waals surface area (Å²) in [5.41, 5.74) is 0.815. The molecule has 234 valence electrons. The standard InChI is InChI=1S/C31H32F3N3O6S/c1-21(2)36(4)44(40,41)37(19-29(38)39,26-10-6-5-7-11-26)18-23-9-8-12-27(17-23)42-20-28-22(3)43-30(35-28)24-13-15-25(16-14-24)31(32,33)34/h5-17,21H,18-20H2,1-4H3/p+1. The molecule has 0 saturated heterocycles. The molecule has 0 aliphatic heterocycles. The predicted octanol–water partition coefficient (Wildman–Crippen LogP) is 6.42. The number of para-hydroxylation sites is 1. The average molecular weight is 633 g/mol. The van der Waals surface area contributed by atoms with E-state index < -0.39 is 44.4 Å². The summed E-state index contributed by atoms with van der Waals surface area (Å²) in [4.78, 5) is 16.5. The second-order valence-electron chi connectivity index (χ2n) is 10.6. The molecule has 1 aromatic heterocycles. The highest BCUT2D eigenvalue weighted by atomic mass is 32.2. The number of carbonyl (C=O) groups is 1. The molecule has 1 unspecified atom stereocenters. The van der Waals surface area contributed by atoms with Crippen molar-refractivity contribution in [3.8, 4) is 17.2 Å². The summed E-state index contributed by atoms with van der Waals surface area (Å²) < 4.78 is 78.8. The molecule has 0 spiro atoms. The van der Waals surface area contributed by atoms with Crippen LogP contribution in [0.1, 0.15) is 36.4 Å². The number of aromatic nitrogens is 1. The minimum absolute atomic E-state index is 0.0401. The maximum absolute atomic E-state index is 14.1. The highest BCUT2D eigenvalue weighted by Gasteiger charge is 2.49. The van der Waals surface area contributed by atoms with E-state index in [4.69, 9.17) is 9.15 Å². The smallest absolute Gasteiger partial charge is 0.416 e. The zero-order valence-electron chi connectivity index (χ0n) is 24.6. The van der Waals surface area contributed by atoms with Crippen LogP contribution in [0.3, 0.4) is 0 Å². The van der Waals surface area contributed by atoms with Crippen LogP contribution in [0, 0.1) is 6.92 Å². The van der Waals surface area contributed by atoms with Crippen molar-refractivity contribution in [3.63, 3.8) is 0 Å². The molecule has 9 nitrogen and oxygen atoms in total. The first-order valence-corrected chi connectivity index (χ1v) is 15.0. The molecule has 44 heavy (non-hydrogen) atoms. The number of hydrogen-bond acceptors (Lipinski definition) is 6. The first-order chi connectivity index (χ1) is 20.6. The number of carboxylic acids is 1. The number of aryl methyl sites for hydroxylation is 1. The first-order valence-electron chi connectivity index (χ1n) is 13.6. The van der Waals surface area contributed by atoms with Crippen LogP contribution in [0.2, 0.25) is 0 Å². The van der Waals surface area contributed by atoms with E-state index in [-0.39, 0.29) is 19.0 Å². The van der Waals surface area contributed by atoms with Gasteiger partial charge in [-0.3, -0.25) is 0 Å². The van der Waals surface area contributed by atoms with E-state index in [1.165, 1.54) is 23.5 Å². The number of nitrogens with zero attached hydrogens (tertiary/aromatic N) is 3. The van der Waals surface area contributed by atoms with Crippen LogP contribution in [0.4, 0.5) is 18.9 Å². The lowest BCUT2D eigenvalue weighted by Gasteiger charge is -2.38. The molecule has 0 aliphatic carbocycles. The van der Waals surface area contributed by atoms with E-state index in [0.717, 1.165) is 12.1 Å². The van der Waals surface area contributed by atoms with E-state index >= 15 is 0 Å². The van der Waals surface area contributed by atoms with Crippen LogP contribution in [-0.4, -0.2) is 48.4 Å². The number of hydrogen-bond donors (Lipinski definition) is 1. The first kappa shape index (κ1) is 32.7. The van der Waals surface area contributed by atoms with Gasteiger partial charge in [0.15, 0.2) is 6.54 Å². The summed E-state index contributed by atoms with van der Waals surface area (Å²) in [7, 11) is -2.83. The van der Waals surface area contributed by atoms with Gasteiger partial charge in [-0.25, -0.2) is 9.78 Å². The van der Waals surface area contributed by atoms with Gasteiger partial charge in [-0.15, -0.1) is 0 Å². The van der Waals surface area contributed by atoms with Gasteiger partial charge in [0.05, 0.1) is 5.56 Å². The Morgan fingerprint density at radius 1 is 1.05 bits per heavy atom. The molecular weight excluding hydrogens is 599 g/mol. The molecule has 0 amide bonds. The molecular formula is C31H33F3N3O6S+. The summed E-state index contributed by atoms with van der Waals surface area (Å²) >= 11 is 0. The van der Waals surface area contributed by atoms with Gasteiger partial charge in [-0.05, 0) is 57.2 Å². The maximum atomic E-state index is 14.1. The molecule has 1 heterocycles. The lowest BCUT2D eigenvalue weighted by molar-refractivity contribution is -0.138. The number of halogens is 3. The average Bonchev–Trinajstić information content (AvgIpc) is 3.35. The Morgan fingerprint density at radius 3 is 2.30 bits per heavy atom. The van der Waals surface area contributed by atoms with Crippen molar-refractivity contribution in [1.29, 1.82) is 0 Å². The number of benzene rings is 3. The van der Waals surface area contributed by atoms with Crippen molar-refractivity contribution < 1.29 is 40.6 Å². The van der Waals surface area contributed by atoms with Gasteiger partial charge in [-0.2, -0.15) is 29.8 Å². The van der Waals surface area contributed by atoms with Crippen LogP contribution in [0.15, 0.2) is 83.3 Å². The Balaban J connectivity index is 1.62. The summed E-state index contributed by atoms with van der Waals surface area (Å²) in [5, 5.41) is 9.91. The Kier molecular flexibility index (Phi) is 9.52. The van der Waals surface area contributed by atoms with Crippen molar-refractivity contribution in [1.82, 2.24) is 13.2 Å². The lowest BCUT2D eigenvalue weighted by Crippen LogP contribution is -2.61. The number of ether oxygens (including phenoxy) is 1. The van der Waals surface area contributed by atoms with Crippen molar-refractivity contribution in [2.45, 2.75) is 46.1 Å². The minimum Gasteiger partial charge on any atom is -0.487 e. The third-order valence-electron chi connectivity index (χ3n) is 7.21. The summed E-state index contributed by atoms with van der Waals surface area (Å²) in [5.74, 6) is -0.355. The molecule has 1 atom stereocenters. The van der Waals surface area contributed by atoms with E-state index in [0.29, 0.717) is 34.0 Å². The number of quaternary nitrogens is 1. The van der Waals surface area contributed by atoms with Crippen molar-refractivity contribution in [2.75, 3.05) is 13.6 Å². The largest absolute Gasteiger partial charge is 0.487 e. The molecule has 0 saturated carbocycles. The molecule has 4 aromatic rings. The highest BCUT2D eigenvalue weighted by molar-refractivity contribution is 7.88. The Hall–Kier alpha value is -4.20. The maximum Gasteiger partial charge on any atom is 0.416 e. The SMILES string of the molecule is Cc1oc(-c2ccc(C(F)(F)F)cc2)nc1COc1cccc(C[N+](CC(=O)O)(c2ccccc2)S(=O)(=O)N(C)C(C)C)c1. The van der Waals surface area contributed by atoms with Gasteiger partial charge in [-0.1, -0.05) is 30.3 Å². The fourth-order valence-corrected chi connectivity index (χ4v) is 6.63. The number of carboxylic acid groups (broad SMARTS) is 1. The predicted molar refractivity (Wildman–Crippen MR) is 159 cm³/mol. The fraction of sp³-hybridized carbons (Fsp3) is 0.290. The van der Waals surface area contributed by atoms with Gasteiger partial charge < -0.3 is 14.3 Å². The molecule has 1 N–H and O–H groups in total. The fourth-order valence-electron chi connectivity index (χ4n) is 4.63. The zero-order valence-corrected chi connectivity index (χ0v) is 25.4. The molecule has 4 rings (SSSR count). The van der Waals surface area contributed by atoms with Crippen molar-refractivity contribution in [3.05, 3.63) is 101 Å². The van der Waals surface area contributed by atoms with Gasteiger partial charge in [0.2, 0.25) is 5.89 Å². The van der Waals surface area contributed by atoms with Gasteiger partial charge >= 0.3 is 22.4 Å². The van der Waals surface area contributed by atoms with Crippen LogP contribution in [-0.2, 0) is 34.3 Å². The number of rotatable bonds is 12. The van der Waals surface area contributed by atoms with Crippen LogP contribution in [0.25, 0.3) is 11.5 Å². The van der Waals surface area contributed by atoms with Crippen molar-refractivity contribution in [2.24, 2.45) is 0 Å². The molecule has 0 bridgehead atoms. The normalized spacial score (nSPS) is 13.7. The Bertz CT molecular complexity index is 1710. The van der Waals surface area contributed by atoms with Crippen LogP contribution in [0.5, 0.6) is 5.75 Å².